The van der Waals surface area contributed by atoms with Crippen molar-refractivity contribution in [3.8, 4) is 0 Å². The number of aromatic nitrogens is 2. The van der Waals surface area contributed by atoms with Crippen LogP contribution in [0.5, 0.6) is 0 Å². The van der Waals surface area contributed by atoms with Crippen molar-refractivity contribution in [3.63, 3.8) is 0 Å². The van der Waals surface area contributed by atoms with Gasteiger partial charge in [-0.1, -0.05) is 0 Å². The van der Waals surface area contributed by atoms with E-state index in [2.05, 4.69) is 15.3 Å². The van der Waals surface area contributed by atoms with Gasteiger partial charge in [-0.05, 0) is 13.8 Å². The number of aryl methyl sites for hydroxylation is 2. The molecule has 1 fully saturated rings. The number of amides is 1. The zero-order chi connectivity index (χ0) is 18.3. The van der Waals surface area contributed by atoms with Crippen molar-refractivity contribution < 1.29 is 24.2 Å². The van der Waals surface area contributed by atoms with Gasteiger partial charge in [0.25, 0.3) is 5.91 Å². The fraction of sp³-hybridized carbons (Fsp3) is 0.467. The number of ether oxygens (including phenoxy) is 1. The highest BCUT2D eigenvalue weighted by molar-refractivity contribution is 8.00. The van der Waals surface area contributed by atoms with Crippen LogP contribution < -0.4 is 5.32 Å². The number of rotatable bonds is 5. The van der Waals surface area contributed by atoms with Gasteiger partial charge in [0, 0.05) is 23.9 Å². The Kier molecular flexibility index (Phi) is 4.46. The number of aliphatic carboxylic acids is 1. The second kappa shape index (κ2) is 6.43. The molecule has 3 rings (SSSR count). The molecule has 9 nitrogen and oxygen atoms in total. The SMILES string of the molecule is CC(=O)OCC1=C(C(=O)O)N2C(=O)C(Nc3nc(C)c(C)[nH]3)[C@@H]2SC1. The molecule has 10 heteroatoms. The van der Waals surface area contributed by atoms with E-state index in [0.29, 0.717) is 17.3 Å². The minimum absolute atomic E-state index is 0.0974. The summed E-state index contributed by atoms with van der Waals surface area (Å²) in [4.78, 5) is 43.7. The van der Waals surface area contributed by atoms with Crippen LogP contribution >= 0.6 is 11.8 Å². The second-order valence-corrected chi connectivity index (χ2v) is 6.97. The number of carbonyl (C=O) groups is 3. The number of esters is 1. The molecule has 25 heavy (non-hydrogen) atoms. The predicted octanol–water partition coefficient (Wildman–Crippen LogP) is 0.624. The van der Waals surface area contributed by atoms with E-state index in [0.717, 1.165) is 11.4 Å². The quantitative estimate of drug-likeness (QED) is 0.512. The first kappa shape index (κ1) is 17.3. The number of aromatic amines is 1. The van der Waals surface area contributed by atoms with Gasteiger partial charge in [0.15, 0.2) is 0 Å². The summed E-state index contributed by atoms with van der Waals surface area (Å²) in [5.74, 6) is -1.19. The molecule has 1 saturated heterocycles. The Morgan fingerprint density at radius 2 is 2.20 bits per heavy atom. The Bertz CT molecular complexity index is 767. The van der Waals surface area contributed by atoms with Crippen molar-refractivity contribution in [1.29, 1.82) is 0 Å². The predicted molar refractivity (Wildman–Crippen MR) is 89.9 cm³/mol. The Balaban J connectivity index is 1.79. The van der Waals surface area contributed by atoms with Crippen LogP contribution in [0.1, 0.15) is 18.3 Å². The van der Waals surface area contributed by atoms with E-state index in [1.54, 1.807) is 0 Å². The zero-order valence-corrected chi connectivity index (χ0v) is 14.8. The minimum Gasteiger partial charge on any atom is -0.477 e. The lowest BCUT2D eigenvalue weighted by Crippen LogP contribution is -2.67. The summed E-state index contributed by atoms with van der Waals surface area (Å²) in [6.45, 7) is 4.86. The summed E-state index contributed by atoms with van der Waals surface area (Å²) in [6.07, 6.45) is 0. The largest absolute Gasteiger partial charge is 0.477 e. The number of imidazole rings is 1. The minimum atomic E-state index is -1.20. The summed E-state index contributed by atoms with van der Waals surface area (Å²) in [7, 11) is 0. The lowest BCUT2D eigenvalue weighted by Gasteiger charge is -2.49. The van der Waals surface area contributed by atoms with E-state index in [4.69, 9.17) is 4.74 Å². The fourth-order valence-electron chi connectivity index (χ4n) is 2.75. The Morgan fingerprint density at radius 1 is 1.48 bits per heavy atom. The Hall–Kier alpha value is -2.49. The van der Waals surface area contributed by atoms with Gasteiger partial charge in [0.2, 0.25) is 5.95 Å². The smallest absolute Gasteiger partial charge is 0.352 e. The summed E-state index contributed by atoms with van der Waals surface area (Å²) >= 11 is 1.42. The van der Waals surface area contributed by atoms with E-state index in [1.165, 1.54) is 23.6 Å². The molecule has 1 aromatic rings. The number of carbonyl (C=O) groups excluding carboxylic acids is 2. The number of hydrogen-bond acceptors (Lipinski definition) is 7. The first-order valence-electron chi connectivity index (χ1n) is 7.62. The maximum Gasteiger partial charge on any atom is 0.352 e. The van der Waals surface area contributed by atoms with Gasteiger partial charge < -0.3 is 20.1 Å². The van der Waals surface area contributed by atoms with E-state index in [9.17, 15) is 19.5 Å². The van der Waals surface area contributed by atoms with Crippen molar-refractivity contribution >= 4 is 35.6 Å². The average molecular weight is 366 g/mol. The van der Waals surface area contributed by atoms with E-state index in [-0.39, 0.29) is 23.6 Å². The van der Waals surface area contributed by atoms with Crippen LogP contribution in [-0.2, 0) is 19.1 Å². The number of carboxylic acid groups (broad SMARTS) is 1. The number of anilines is 1. The molecule has 3 N–H and O–H groups in total. The van der Waals surface area contributed by atoms with Crippen molar-refractivity contribution in [2.75, 3.05) is 17.7 Å². The van der Waals surface area contributed by atoms with E-state index >= 15 is 0 Å². The molecule has 1 unspecified atom stereocenters. The third-order valence-corrected chi connectivity index (χ3v) is 5.46. The molecular formula is C15H18N4O5S. The van der Waals surface area contributed by atoms with Crippen molar-refractivity contribution in [2.45, 2.75) is 32.2 Å². The van der Waals surface area contributed by atoms with Gasteiger partial charge in [0.1, 0.15) is 23.7 Å². The van der Waals surface area contributed by atoms with Crippen LogP contribution in [0.3, 0.4) is 0 Å². The molecule has 0 aliphatic carbocycles. The molecule has 0 saturated carbocycles. The lowest BCUT2D eigenvalue weighted by atomic mass is 10.0. The molecular weight excluding hydrogens is 348 g/mol. The molecule has 0 aromatic carbocycles. The molecule has 2 aliphatic rings. The summed E-state index contributed by atoms with van der Waals surface area (Å²) < 4.78 is 4.90. The van der Waals surface area contributed by atoms with Crippen molar-refractivity contribution in [1.82, 2.24) is 14.9 Å². The lowest BCUT2D eigenvalue weighted by molar-refractivity contribution is -0.147. The molecule has 3 heterocycles. The molecule has 1 aromatic heterocycles. The van der Waals surface area contributed by atoms with E-state index in [1.807, 2.05) is 13.8 Å². The highest BCUT2D eigenvalue weighted by Crippen LogP contribution is 2.41. The van der Waals surface area contributed by atoms with Gasteiger partial charge in [-0.3, -0.25) is 14.5 Å². The normalized spacial score (nSPS) is 22.4. The number of thioether (sulfide) groups is 1. The number of β-lactam (4-membered cyclic amide) rings is 1. The van der Waals surface area contributed by atoms with E-state index < -0.39 is 18.0 Å². The third kappa shape index (κ3) is 3.09. The molecule has 0 spiro atoms. The first-order valence-corrected chi connectivity index (χ1v) is 8.67. The van der Waals surface area contributed by atoms with Crippen LogP contribution in [0, 0.1) is 13.8 Å². The zero-order valence-electron chi connectivity index (χ0n) is 14.0. The number of H-pyrrole nitrogens is 1. The standard InChI is InChI=1S/C15H18N4O5S/c1-6-7(2)17-15(16-6)18-10-12(21)19-11(14(22)23)9(4-24-8(3)20)5-25-13(10)19/h10,13H,4-5H2,1-3H3,(H,22,23)(H2,16,17,18)/t10?,13-/m0/s1. The van der Waals surface area contributed by atoms with Crippen LogP contribution in [0.4, 0.5) is 5.95 Å². The van der Waals surface area contributed by atoms with Gasteiger partial charge in [-0.25, -0.2) is 9.78 Å². The molecule has 0 bridgehead atoms. The molecule has 134 valence electrons. The van der Waals surface area contributed by atoms with Crippen molar-refractivity contribution in [2.24, 2.45) is 0 Å². The van der Waals surface area contributed by atoms with Crippen molar-refractivity contribution in [3.05, 3.63) is 22.7 Å². The average Bonchev–Trinajstić information content (AvgIpc) is 2.87. The fourth-order valence-corrected chi connectivity index (χ4v) is 4.07. The molecule has 1 amide bonds. The number of carboxylic acids is 1. The molecule has 2 atom stereocenters. The monoisotopic (exact) mass is 366 g/mol. The van der Waals surface area contributed by atoms with Gasteiger partial charge >= 0.3 is 11.9 Å². The first-order chi connectivity index (χ1) is 11.8. The number of hydrogen-bond donors (Lipinski definition) is 3. The van der Waals surface area contributed by atoms with Crippen LogP contribution in [0.15, 0.2) is 11.3 Å². The van der Waals surface area contributed by atoms with Crippen LogP contribution in [0.25, 0.3) is 0 Å². The topological polar surface area (TPSA) is 125 Å². The number of nitrogens with one attached hydrogen (secondary N) is 2. The number of fused-ring (bicyclic) bond motifs is 1. The molecule has 2 aliphatic heterocycles. The summed E-state index contributed by atoms with van der Waals surface area (Å²) in [6, 6.07) is -0.556. The Morgan fingerprint density at radius 3 is 2.76 bits per heavy atom. The summed E-state index contributed by atoms with van der Waals surface area (Å²) in [5.41, 5.74) is 2.05. The van der Waals surface area contributed by atoms with Crippen LogP contribution in [-0.4, -0.2) is 61.6 Å². The van der Waals surface area contributed by atoms with Gasteiger partial charge in [-0.2, -0.15) is 0 Å². The highest BCUT2D eigenvalue weighted by Gasteiger charge is 2.54. The maximum absolute atomic E-state index is 12.5. The second-order valence-electron chi connectivity index (χ2n) is 5.87. The summed E-state index contributed by atoms with van der Waals surface area (Å²) in [5, 5.41) is 12.2. The third-order valence-electron chi connectivity index (χ3n) is 4.12. The molecule has 0 radical (unpaired) electrons. The highest BCUT2D eigenvalue weighted by atomic mass is 32.2. The van der Waals surface area contributed by atoms with Gasteiger partial charge in [-0.15, -0.1) is 11.8 Å². The maximum atomic E-state index is 12.5. The van der Waals surface area contributed by atoms with Gasteiger partial charge in [0.05, 0.1) is 5.69 Å². The number of nitrogens with zero attached hydrogens (tertiary/aromatic N) is 2. The van der Waals surface area contributed by atoms with Crippen LogP contribution in [0.2, 0.25) is 0 Å². The Labute approximate surface area is 147 Å².